The molecular formula is C8H11BrN4O. The molecule has 0 aliphatic rings. The van der Waals surface area contributed by atoms with Crippen LogP contribution in [0, 0.1) is 0 Å². The summed E-state index contributed by atoms with van der Waals surface area (Å²) in [6.07, 6.45) is 2.85. The van der Waals surface area contributed by atoms with E-state index in [-0.39, 0.29) is 11.9 Å². The molecule has 1 amide bonds. The van der Waals surface area contributed by atoms with Crippen LogP contribution in [0.15, 0.2) is 17.0 Å². The second-order valence-corrected chi connectivity index (χ2v) is 3.68. The first-order valence-corrected chi connectivity index (χ1v) is 4.91. The van der Waals surface area contributed by atoms with Gasteiger partial charge < -0.3 is 11.1 Å². The van der Waals surface area contributed by atoms with Crippen LogP contribution in [0.3, 0.4) is 0 Å². The summed E-state index contributed by atoms with van der Waals surface area (Å²) >= 11 is 3.19. The minimum Gasteiger partial charge on any atom is -0.347 e. The van der Waals surface area contributed by atoms with E-state index in [2.05, 4.69) is 31.2 Å². The number of carbonyl (C=O) groups excluding carboxylic acids is 1. The van der Waals surface area contributed by atoms with Gasteiger partial charge in [-0.2, -0.15) is 0 Å². The third-order valence-corrected chi connectivity index (χ3v) is 2.19. The topological polar surface area (TPSA) is 80.9 Å². The van der Waals surface area contributed by atoms with Gasteiger partial charge in [0.25, 0.3) is 5.91 Å². The molecule has 5 nitrogen and oxygen atoms in total. The second-order valence-electron chi connectivity index (χ2n) is 2.83. The fraction of sp³-hybridized carbons (Fsp3) is 0.375. The lowest BCUT2D eigenvalue weighted by Gasteiger charge is -2.10. The van der Waals surface area contributed by atoms with Crippen LogP contribution < -0.4 is 11.1 Å². The van der Waals surface area contributed by atoms with Crippen molar-refractivity contribution < 1.29 is 4.79 Å². The van der Waals surface area contributed by atoms with Crippen LogP contribution in [-0.4, -0.2) is 28.5 Å². The van der Waals surface area contributed by atoms with Gasteiger partial charge >= 0.3 is 0 Å². The zero-order chi connectivity index (χ0) is 10.6. The van der Waals surface area contributed by atoms with Gasteiger partial charge in [0.05, 0.1) is 4.47 Å². The highest BCUT2D eigenvalue weighted by Gasteiger charge is 2.12. The lowest BCUT2D eigenvalue weighted by atomic mass is 10.3. The van der Waals surface area contributed by atoms with E-state index in [4.69, 9.17) is 5.73 Å². The molecule has 1 aromatic heterocycles. The van der Waals surface area contributed by atoms with E-state index in [0.717, 1.165) is 0 Å². The van der Waals surface area contributed by atoms with Crippen molar-refractivity contribution in [2.24, 2.45) is 5.73 Å². The standard InChI is InChI=1S/C8H11BrN4O/c1-5(2-10)13-8(14)7-6(9)3-11-4-12-7/h3-5H,2,10H2,1H3,(H,13,14)/t5-/m1/s1. The molecule has 0 radical (unpaired) electrons. The molecule has 0 spiro atoms. The summed E-state index contributed by atoms with van der Waals surface area (Å²) in [6, 6.07) is -0.0654. The van der Waals surface area contributed by atoms with Crippen molar-refractivity contribution in [1.82, 2.24) is 15.3 Å². The maximum absolute atomic E-state index is 11.5. The Hall–Kier alpha value is -1.01. The van der Waals surface area contributed by atoms with Crippen LogP contribution in [0.4, 0.5) is 0 Å². The fourth-order valence-corrected chi connectivity index (χ4v) is 1.23. The number of nitrogens with one attached hydrogen (secondary N) is 1. The molecule has 0 fully saturated rings. The molecule has 1 aromatic rings. The Kier molecular flexibility index (Phi) is 3.97. The number of amides is 1. The van der Waals surface area contributed by atoms with Gasteiger partial charge in [0.2, 0.25) is 0 Å². The van der Waals surface area contributed by atoms with Gasteiger partial charge in [-0.1, -0.05) is 0 Å². The summed E-state index contributed by atoms with van der Waals surface area (Å²) in [5.74, 6) is -0.253. The van der Waals surface area contributed by atoms with E-state index < -0.39 is 0 Å². The summed E-state index contributed by atoms with van der Waals surface area (Å²) < 4.78 is 0.571. The van der Waals surface area contributed by atoms with E-state index in [0.29, 0.717) is 16.7 Å². The number of hydrogen-bond donors (Lipinski definition) is 2. The normalized spacial score (nSPS) is 12.2. The number of halogens is 1. The largest absolute Gasteiger partial charge is 0.347 e. The van der Waals surface area contributed by atoms with Crippen molar-refractivity contribution in [2.75, 3.05) is 6.54 Å². The molecule has 0 aliphatic heterocycles. The zero-order valence-corrected chi connectivity index (χ0v) is 9.28. The average molecular weight is 259 g/mol. The van der Waals surface area contributed by atoms with Crippen molar-refractivity contribution in [2.45, 2.75) is 13.0 Å². The smallest absolute Gasteiger partial charge is 0.271 e. The molecule has 14 heavy (non-hydrogen) atoms. The van der Waals surface area contributed by atoms with Crippen molar-refractivity contribution in [1.29, 1.82) is 0 Å². The van der Waals surface area contributed by atoms with Crippen molar-refractivity contribution in [3.63, 3.8) is 0 Å². The molecule has 1 heterocycles. The molecule has 3 N–H and O–H groups in total. The van der Waals surface area contributed by atoms with Crippen LogP contribution in [0.5, 0.6) is 0 Å². The predicted molar refractivity (Wildman–Crippen MR) is 55.7 cm³/mol. The van der Waals surface area contributed by atoms with Crippen molar-refractivity contribution >= 4 is 21.8 Å². The third-order valence-electron chi connectivity index (χ3n) is 1.61. The maximum Gasteiger partial charge on any atom is 0.271 e. The van der Waals surface area contributed by atoms with Crippen LogP contribution in [0.25, 0.3) is 0 Å². The molecule has 0 bridgehead atoms. The third kappa shape index (κ3) is 2.74. The first-order chi connectivity index (χ1) is 6.65. The molecule has 6 heteroatoms. The highest BCUT2D eigenvalue weighted by Crippen LogP contribution is 2.11. The Morgan fingerprint density at radius 3 is 3.07 bits per heavy atom. The van der Waals surface area contributed by atoms with Crippen LogP contribution in [0.1, 0.15) is 17.4 Å². The Labute approximate surface area is 90.2 Å². The Balaban J connectivity index is 2.75. The molecule has 1 rings (SSSR count). The van der Waals surface area contributed by atoms with Gasteiger partial charge in [-0.15, -0.1) is 0 Å². The molecule has 76 valence electrons. The first kappa shape index (κ1) is 11.1. The van der Waals surface area contributed by atoms with E-state index >= 15 is 0 Å². The van der Waals surface area contributed by atoms with Gasteiger partial charge in [-0.3, -0.25) is 4.79 Å². The summed E-state index contributed by atoms with van der Waals surface area (Å²) in [5.41, 5.74) is 5.70. The molecule has 0 aromatic carbocycles. The SMILES string of the molecule is C[C@H](CN)NC(=O)c1ncncc1Br. The number of nitrogens with two attached hydrogens (primary N) is 1. The summed E-state index contributed by atoms with van der Waals surface area (Å²) in [7, 11) is 0. The fourth-order valence-electron chi connectivity index (χ4n) is 0.831. The van der Waals surface area contributed by atoms with Crippen LogP contribution in [-0.2, 0) is 0 Å². The summed E-state index contributed by atoms with van der Waals surface area (Å²) in [5, 5.41) is 2.70. The predicted octanol–water partition coefficient (Wildman–Crippen LogP) is 0.316. The Bertz CT molecular complexity index is 331. The van der Waals surface area contributed by atoms with E-state index in [1.54, 1.807) is 0 Å². The van der Waals surface area contributed by atoms with Gasteiger partial charge in [-0.25, -0.2) is 9.97 Å². The average Bonchev–Trinajstić information content (AvgIpc) is 2.18. The van der Waals surface area contributed by atoms with E-state index in [9.17, 15) is 4.79 Å². The molecule has 0 saturated carbocycles. The van der Waals surface area contributed by atoms with Crippen molar-refractivity contribution in [3.05, 3.63) is 22.7 Å². The highest BCUT2D eigenvalue weighted by molar-refractivity contribution is 9.10. The number of nitrogens with zero attached hydrogens (tertiary/aromatic N) is 2. The van der Waals surface area contributed by atoms with E-state index in [1.807, 2.05) is 6.92 Å². The highest BCUT2D eigenvalue weighted by atomic mass is 79.9. The van der Waals surface area contributed by atoms with Gasteiger partial charge in [-0.05, 0) is 22.9 Å². The second kappa shape index (κ2) is 5.02. The van der Waals surface area contributed by atoms with E-state index in [1.165, 1.54) is 12.5 Å². The van der Waals surface area contributed by atoms with Gasteiger partial charge in [0.1, 0.15) is 12.0 Å². The van der Waals surface area contributed by atoms with Gasteiger partial charge in [0.15, 0.2) is 0 Å². The quantitative estimate of drug-likeness (QED) is 0.818. The Morgan fingerprint density at radius 2 is 2.50 bits per heavy atom. The minimum absolute atomic E-state index is 0.0654. The number of aromatic nitrogens is 2. The number of hydrogen-bond acceptors (Lipinski definition) is 4. The number of carbonyl (C=O) groups is 1. The first-order valence-electron chi connectivity index (χ1n) is 4.11. The maximum atomic E-state index is 11.5. The summed E-state index contributed by atoms with van der Waals surface area (Å²) in [4.78, 5) is 19.2. The van der Waals surface area contributed by atoms with Gasteiger partial charge in [0, 0.05) is 18.8 Å². The van der Waals surface area contributed by atoms with Crippen LogP contribution >= 0.6 is 15.9 Å². The zero-order valence-electron chi connectivity index (χ0n) is 7.70. The molecular weight excluding hydrogens is 248 g/mol. The molecule has 0 aliphatic carbocycles. The summed E-state index contributed by atoms with van der Waals surface area (Å²) in [6.45, 7) is 2.22. The molecule has 1 atom stereocenters. The molecule has 0 unspecified atom stereocenters. The Morgan fingerprint density at radius 1 is 1.79 bits per heavy atom. The lowest BCUT2D eigenvalue weighted by Crippen LogP contribution is -2.38. The monoisotopic (exact) mass is 258 g/mol. The lowest BCUT2D eigenvalue weighted by molar-refractivity contribution is 0.0935. The molecule has 0 saturated heterocycles. The minimum atomic E-state index is -0.253. The van der Waals surface area contributed by atoms with Crippen molar-refractivity contribution in [3.8, 4) is 0 Å². The number of rotatable bonds is 3. The van der Waals surface area contributed by atoms with Crippen LogP contribution in [0.2, 0.25) is 0 Å².